The number of likely N-dealkylation sites (tertiary alicyclic amines) is 1. The molecule has 8 rings (SSSR count). The lowest BCUT2D eigenvalue weighted by molar-refractivity contribution is -0.135. The van der Waals surface area contributed by atoms with Gasteiger partial charge in [-0.2, -0.15) is 0 Å². The molecule has 64 heavy (non-hydrogen) atoms. The maximum absolute atomic E-state index is 14.1. The molecule has 2 aliphatic carbocycles. The number of amides is 4. The summed E-state index contributed by atoms with van der Waals surface area (Å²) >= 11 is 0. The summed E-state index contributed by atoms with van der Waals surface area (Å²) in [5.41, 5.74) is 1.60. The van der Waals surface area contributed by atoms with Gasteiger partial charge in [0.05, 0.1) is 51.3 Å². The van der Waals surface area contributed by atoms with Crippen LogP contribution in [0.3, 0.4) is 0 Å². The molecule has 5 atom stereocenters. The number of nitrogens with one attached hydrogen (secondary N) is 5. The number of hydrogen-bond acceptors (Lipinski definition) is 13. The Morgan fingerprint density at radius 1 is 0.750 bits per heavy atom. The van der Waals surface area contributed by atoms with Crippen LogP contribution in [0.25, 0.3) is 0 Å². The molecule has 2 saturated carbocycles. The van der Waals surface area contributed by atoms with Gasteiger partial charge >= 0.3 is 12.2 Å². The summed E-state index contributed by atoms with van der Waals surface area (Å²) in [4.78, 5) is 63.0. The van der Waals surface area contributed by atoms with Crippen LogP contribution in [0.15, 0.2) is 56.2 Å². The monoisotopic (exact) mass is 902 g/mol. The second kappa shape index (κ2) is 20.2. The van der Waals surface area contributed by atoms with Gasteiger partial charge in [0.2, 0.25) is 21.7 Å². The lowest BCUT2D eigenvalue weighted by atomic mass is 9.83. The summed E-state index contributed by atoms with van der Waals surface area (Å²) in [6.45, 7) is 1.92. The maximum Gasteiger partial charge on any atom is 0.407 e. The largest absolute Gasteiger partial charge is 0.455 e. The van der Waals surface area contributed by atoms with Gasteiger partial charge < -0.3 is 45.7 Å². The number of benzene rings is 2. The number of unbranched alkanes of at least 4 members (excludes halogenated alkanes) is 1. The second-order valence-electron chi connectivity index (χ2n) is 17.9. The van der Waals surface area contributed by atoms with Crippen molar-refractivity contribution in [2.75, 3.05) is 40.4 Å². The molecule has 346 valence electrons. The number of carbonyl (C=O) groups excluding carboxylic acids is 4. The van der Waals surface area contributed by atoms with Crippen LogP contribution in [0.4, 0.5) is 9.59 Å². The van der Waals surface area contributed by atoms with Crippen LogP contribution in [0.5, 0.6) is 11.5 Å². The molecule has 3 fully saturated rings. The van der Waals surface area contributed by atoms with E-state index >= 15 is 0 Å². The maximum atomic E-state index is 14.1. The minimum atomic E-state index is -3.92. The number of hydrogen-bond donors (Lipinski definition) is 5. The van der Waals surface area contributed by atoms with Crippen LogP contribution < -0.4 is 31.3 Å². The molecule has 6 aliphatic rings. The van der Waals surface area contributed by atoms with Crippen LogP contribution in [0.1, 0.15) is 120 Å². The zero-order valence-corrected chi connectivity index (χ0v) is 37.7. The number of alkyl carbamates (subject to hydrolysis) is 2. The van der Waals surface area contributed by atoms with Crippen molar-refractivity contribution in [2.24, 2.45) is 21.8 Å². The molecule has 4 aliphatic heterocycles. The lowest BCUT2D eigenvalue weighted by Crippen LogP contribution is -2.55. The number of fused-ring (bicyclic) bond motifs is 2. The van der Waals surface area contributed by atoms with Crippen LogP contribution in [-0.2, 0) is 28.9 Å². The summed E-state index contributed by atoms with van der Waals surface area (Å²) in [7, 11) is -1.32. The third kappa shape index (κ3) is 9.96. The van der Waals surface area contributed by atoms with Gasteiger partial charge in [-0.3, -0.25) is 19.6 Å². The van der Waals surface area contributed by atoms with E-state index in [1.165, 1.54) is 14.2 Å². The predicted molar refractivity (Wildman–Crippen MR) is 238 cm³/mol. The Balaban J connectivity index is 0.838. The molecular weight excluding hydrogens is 841 g/mol. The standard InChI is InChI=1S/C46H62N8O9S/c1-61-45(57)52-40(28-12-5-3-6-13-28)43(55)47-22-10-9-17-39-48-26-32(50-39)30-19-21-37-36(24-30)63-35-20-18-31(25-38(35)64(37,59)60)33-27-49-42(51-33)34-16-11-23-54(34)44(56)41(53-46(58)62-2)29-14-7-4-8-15-29/h18-21,24-25,28-29,32-34,40-41H,3-17,22-23,26-27H2,1-2H3,(H,47,55)(H,48,50)(H,49,51)(H,52,57)(H,53,58)/t32?,33?,34-,40-,41-/m0/s1. The highest BCUT2D eigenvalue weighted by Crippen LogP contribution is 2.45. The quantitative estimate of drug-likeness (QED) is 0.126. The molecule has 0 bridgehead atoms. The SMILES string of the molecule is COC(=O)N[C@H](C(=O)NCCCCC1=NCC(c2ccc3c(c2)Oc2ccc(C4CN=C([C@@H]5CCCN5C(=O)[C@@H](NC(=O)OC)C5CCCCC5)N4)cc2S3(=O)=O)N1)C1CCCCC1. The number of aliphatic imine (C=N–C) groups is 2. The van der Waals surface area contributed by atoms with Gasteiger partial charge in [0.15, 0.2) is 0 Å². The Kier molecular flexibility index (Phi) is 14.3. The number of amidine groups is 2. The molecule has 2 aromatic rings. The predicted octanol–water partition coefficient (Wildman–Crippen LogP) is 5.60. The smallest absolute Gasteiger partial charge is 0.407 e. The Morgan fingerprint density at radius 2 is 1.39 bits per heavy atom. The number of carbonyl (C=O) groups is 4. The summed E-state index contributed by atoms with van der Waals surface area (Å²) in [5.74, 6) is 1.91. The number of methoxy groups -OCH3 is 2. The first-order valence-corrected chi connectivity index (χ1v) is 24.6. The van der Waals surface area contributed by atoms with Crippen LogP contribution >= 0.6 is 0 Å². The van der Waals surface area contributed by atoms with Crippen molar-refractivity contribution in [2.45, 2.75) is 136 Å². The second-order valence-corrected chi connectivity index (χ2v) is 19.8. The highest BCUT2D eigenvalue weighted by Gasteiger charge is 2.42. The highest BCUT2D eigenvalue weighted by molar-refractivity contribution is 7.91. The number of ether oxygens (including phenoxy) is 3. The average Bonchev–Trinajstić information content (AvgIpc) is 4.12. The van der Waals surface area contributed by atoms with Crippen LogP contribution in [0.2, 0.25) is 0 Å². The minimum absolute atomic E-state index is 0.0473. The highest BCUT2D eigenvalue weighted by atomic mass is 32.2. The van der Waals surface area contributed by atoms with Crippen LogP contribution in [-0.4, -0.2) is 108 Å². The molecule has 0 spiro atoms. The van der Waals surface area contributed by atoms with E-state index in [-0.39, 0.29) is 63.1 Å². The van der Waals surface area contributed by atoms with E-state index in [0.717, 1.165) is 107 Å². The van der Waals surface area contributed by atoms with Crippen molar-refractivity contribution < 1.29 is 41.8 Å². The van der Waals surface area contributed by atoms with Crippen molar-refractivity contribution in [3.63, 3.8) is 0 Å². The summed E-state index contributed by atoms with van der Waals surface area (Å²) in [6.07, 6.45) is 12.5. The molecular formula is C46H62N8O9S. The first kappa shape index (κ1) is 45.2. The number of nitrogens with zero attached hydrogens (tertiary/aromatic N) is 3. The van der Waals surface area contributed by atoms with E-state index in [9.17, 15) is 27.6 Å². The minimum Gasteiger partial charge on any atom is -0.455 e. The normalized spacial score (nSPS) is 23.7. The van der Waals surface area contributed by atoms with Crippen molar-refractivity contribution in [3.05, 3.63) is 47.5 Å². The third-order valence-corrected chi connectivity index (χ3v) is 15.6. The Bertz CT molecular complexity index is 2240. The fourth-order valence-corrected chi connectivity index (χ4v) is 11.8. The van der Waals surface area contributed by atoms with E-state index in [1.807, 2.05) is 11.0 Å². The molecule has 18 heteroatoms. The molecule has 5 N–H and O–H groups in total. The summed E-state index contributed by atoms with van der Waals surface area (Å²) < 4.78 is 44.2. The Labute approximate surface area is 375 Å². The van der Waals surface area contributed by atoms with E-state index in [0.29, 0.717) is 38.4 Å². The van der Waals surface area contributed by atoms with Gasteiger partial charge in [-0.25, -0.2) is 18.0 Å². The van der Waals surface area contributed by atoms with Gasteiger partial charge in [0.1, 0.15) is 39.2 Å². The molecule has 2 aromatic carbocycles. The fourth-order valence-electron chi connectivity index (χ4n) is 10.3. The molecule has 4 heterocycles. The molecule has 1 saturated heterocycles. The topological polar surface area (TPSA) is 218 Å². The van der Waals surface area contributed by atoms with Crippen molar-refractivity contribution in [3.8, 4) is 11.5 Å². The van der Waals surface area contributed by atoms with E-state index in [1.54, 1.807) is 30.3 Å². The zero-order valence-electron chi connectivity index (χ0n) is 36.9. The molecule has 2 unspecified atom stereocenters. The van der Waals surface area contributed by atoms with E-state index in [4.69, 9.17) is 24.2 Å². The third-order valence-electron chi connectivity index (χ3n) is 13.8. The Morgan fingerprint density at radius 3 is 2.11 bits per heavy atom. The van der Waals surface area contributed by atoms with E-state index < -0.39 is 34.1 Å². The van der Waals surface area contributed by atoms with Crippen molar-refractivity contribution in [1.82, 2.24) is 31.5 Å². The lowest BCUT2D eigenvalue weighted by Gasteiger charge is -2.34. The summed E-state index contributed by atoms with van der Waals surface area (Å²) in [5, 5.41) is 15.6. The van der Waals surface area contributed by atoms with E-state index in [2.05, 4.69) is 26.6 Å². The van der Waals surface area contributed by atoms with Crippen molar-refractivity contribution >= 4 is 45.5 Å². The molecule has 17 nitrogen and oxygen atoms in total. The Hall–Kier alpha value is -5.39. The average molecular weight is 903 g/mol. The first-order valence-electron chi connectivity index (χ1n) is 23.1. The van der Waals surface area contributed by atoms with Gasteiger partial charge in [0.25, 0.3) is 0 Å². The van der Waals surface area contributed by atoms with Gasteiger partial charge in [-0.05, 0) is 98.6 Å². The molecule has 4 amide bonds. The fraction of sp³-hybridized carbons (Fsp3) is 0.609. The van der Waals surface area contributed by atoms with Crippen LogP contribution in [0, 0.1) is 11.8 Å². The number of rotatable bonds is 14. The van der Waals surface area contributed by atoms with Gasteiger partial charge in [0, 0.05) is 19.5 Å². The zero-order chi connectivity index (χ0) is 44.8. The summed E-state index contributed by atoms with van der Waals surface area (Å²) in [6, 6.07) is 8.41. The molecule has 0 radical (unpaired) electrons. The van der Waals surface area contributed by atoms with Gasteiger partial charge in [-0.15, -0.1) is 0 Å². The van der Waals surface area contributed by atoms with Gasteiger partial charge in [-0.1, -0.05) is 50.7 Å². The number of sulfone groups is 1. The first-order chi connectivity index (χ1) is 31.0. The van der Waals surface area contributed by atoms with Crippen molar-refractivity contribution in [1.29, 1.82) is 0 Å². The molecule has 0 aromatic heterocycles.